The molecular formula is C18H18N4O. The molecule has 23 heavy (non-hydrogen) atoms. The van der Waals surface area contributed by atoms with Gasteiger partial charge in [-0.15, -0.1) is 0 Å². The summed E-state index contributed by atoms with van der Waals surface area (Å²) in [7, 11) is 1.99. The van der Waals surface area contributed by atoms with E-state index in [1.54, 1.807) is 6.21 Å². The molecule has 0 bridgehead atoms. The van der Waals surface area contributed by atoms with Crippen molar-refractivity contribution in [3.05, 3.63) is 66.4 Å². The molecule has 3 rings (SSSR count). The molecule has 2 aromatic carbocycles. The third kappa shape index (κ3) is 3.58. The molecule has 1 aromatic heterocycles. The van der Waals surface area contributed by atoms with Crippen LogP contribution in [0.2, 0.25) is 0 Å². The zero-order valence-electron chi connectivity index (χ0n) is 12.9. The van der Waals surface area contributed by atoms with Crippen molar-refractivity contribution in [2.75, 3.05) is 11.9 Å². The molecule has 1 amide bonds. The normalized spacial score (nSPS) is 11.0. The lowest BCUT2D eigenvalue weighted by molar-refractivity contribution is -0.119. The standard InChI is InChI=1S/C18H18N4O/c1-22-13-14(16-9-5-6-10-17(16)22)11-20-21-18(23)12-19-15-7-3-2-4-8-15/h2-11,13,19H,12H2,1H3,(H,21,23)/b20-11+. The Morgan fingerprint density at radius 2 is 1.87 bits per heavy atom. The van der Waals surface area contributed by atoms with E-state index in [1.807, 2.05) is 66.3 Å². The molecule has 0 fully saturated rings. The van der Waals surface area contributed by atoms with Gasteiger partial charge in [0.25, 0.3) is 5.91 Å². The molecule has 3 aromatic rings. The van der Waals surface area contributed by atoms with Crippen molar-refractivity contribution >= 4 is 28.7 Å². The number of rotatable bonds is 5. The highest BCUT2D eigenvalue weighted by molar-refractivity contribution is 5.99. The van der Waals surface area contributed by atoms with Crippen LogP contribution in [-0.4, -0.2) is 23.2 Å². The number of aromatic nitrogens is 1. The van der Waals surface area contributed by atoms with E-state index in [2.05, 4.69) is 21.9 Å². The predicted molar refractivity (Wildman–Crippen MR) is 93.6 cm³/mol. The molecule has 0 saturated heterocycles. The predicted octanol–water partition coefficient (Wildman–Crippen LogP) is 2.74. The molecule has 5 heteroatoms. The Morgan fingerprint density at radius 1 is 1.13 bits per heavy atom. The van der Waals surface area contributed by atoms with Crippen molar-refractivity contribution in [1.29, 1.82) is 0 Å². The van der Waals surface area contributed by atoms with Crippen LogP contribution in [0.5, 0.6) is 0 Å². The summed E-state index contributed by atoms with van der Waals surface area (Å²) >= 11 is 0. The zero-order chi connectivity index (χ0) is 16.1. The van der Waals surface area contributed by atoms with Gasteiger partial charge in [-0.1, -0.05) is 36.4 Å². The summed E-state index contributed by atoms with van der Waals surface area (Å²) in [6.45, 7) is 0.177. The fourth-order valence-electron chi connectivity index (χ4n) is 2.43. The van der Waals surface area contributed by atoms with Crippen molar-refractivity contribution in [2.45, 2.75) is 0 Å². The fourth-order valence-corrected chi connectivity index (χ4v) is 2.43. The number of hydrogen-bond acceptors (Lipinski definition) is 3. The number of anilines is 1. The van der Waals surface area contributed by atoms with E-state index < -0.39 is 0 Å². The molecule has 0 unspecified atom stereocenters. The lowest BCUT2D eigenvalue weighted by Gasteiger charge is -2.04. The average Bonchev–Trinajstić information content (AvgIpc) is 2.91. The second-order valence-electron chi connectivity index (χ2n) is 5.23. The molecule has 0 saturated carbocycles. The van der Waals surface area contributed by atoms with E-state index in [0.29, 0.717) is 0 Å². The van der Waals surface area contributed by atoms with Crippen LogP contribution in [-0.2, 0) is 11.8 Å². The van der Waals surface area contributed by atoms with Crippen molar-refractivity contribution in [3.63, 3.8) is 0 Å². The van der Waals surface area contributed by atoms with Crippen molar-refractivity contribution < 1.29 is 4.79 Å². The van der Waals surface area contributed by atoms with Gasteiger partial charge in [-0.3, -0.25) is 4.79 Å². The van der Waals surface area contributed by atoms with Crippen LogP contribution >= 0.6 is 0 Å². The number of nitrogens with zero attached hydrogens (tertiary/aromatic N) is 2. The first-order valence-corrected chi connectivity index (χ1v) is 7.39. The van der Waals surface area contributed by atoms with Gasteiger partial charge in [-0.2, -0.15) is 5.10 Å². The second kappa shape index (κ2) is 6.79. The maximum absolute atomic E-state index is 11.8. The number of amides is 1. The molecule has 0 aliphatic heterocycles. The van der Waals surface area contributed by atoms with Crippen molar-refractivity contribution in [2.24, 2.45) is 12.1 Å². The van der Waals surface area contributed by atoms with Crippen LogP contribution in [0.4, 0.5) is 5.69 Å². The summed E-state index contributed by atoms with van der Waals surface area (Å²) in [5.74, 6) is -0.190. The summed E-state index contributed by atoms with van der Waals surface area (Å²) in [6, 6.07) is 17.7. The summed E-state index contributed by atoms with van der Waals surface area (Å²) in [5.41, 5.74) is 5.54. The molecule has 0 spiro atoms. The Bertz CT molecular complexity index is 837. The molecule has 1 heterocycles. The highest BCUT2D eigenvalue weighted by Gasteiger charge is 2.03. The number of benzene rings is 2. The van der Waals surface area contributed by atoms with Gasteiger partial charge in [0, 0.05) is 35.4 Å². The Labute approximate surface area is 134 Å². The number of aryl methyl sites for hydroxylation is 1. The molecular weight excluding hydrogens is 288 g/mol. The Hall–Kier alpha value is -3.08. The van der Waals surface area contributed by atoms with Crippen LogP contribution < -0.4 is 10.7 Å². The Balaban J connectivity index is 1.59. The molecule has 0 atom stereocenters. The fraction of sp³-hybridized carbons (Fsp3) is 0.111. The van der Waals surface area contributed by atoms with Gasteiger partial charge < -0.3 is 9.88 Å². The maximum atomic E-state index is 11.8. The molecule has 0 aliphatic carbocycles. The number of hydrazone groups is 1. The van der Waals surface area contributed by atoms with Crippen LogP contribution in [0.1, 0.15) is 5.56 Å². The smallest absolute Gasteiger partial charge is 0.259 e. The minimum atomic E-state index is -0.190. The Kier molecular flexibility index (Phi) is 4.38. The first-order chi connectivity index (χ1) is 11.2. The van der Waals surface area contributed by atoms with Crippen molar-refractivity contribution in [3.8, 4) is 0 Å². The van der Waals surface area contributed by atoms with Crippen LogP contribution in [0.25, 0.3) is 10.9 Å². The van der Waals surface area contributed by atoms with Gasteiger partial charge in [-0.25, -0.2) is 5.43 Å². The third-order valence-electron chi connectivity index (χ3n) is 3.55. The van der Waals surface area contributed by atoms with Crippen LogP contribution in [0.15, 0.2) is 65.9 Å². The lowest BCUT2D eigenvalue weighted by atomic mass is 10.2. The van der Waals surface area contributed by atoms with E-state index in [1.165, 1.54) is 0 Å². The maximum Gasteiger partial charge on any atom is 0.259 e. The van der Waals surface area contributed by atoms with Crippen molar-refractivity contribution in [1.82, 2.24) is 9.99 Å². The second-order valence-corrected chi connectivity index (χ2v) is 5.23. The number of carbonyl (C=O) groups excluding carboxylic acids is 1. The summed E-state index contributed by atoms with van der Waals surface area (Å²) in [4.78, 5) is 11.8. The van der Waals surface area contributed by atoms with E-state index >= 15 is 0 Å². The number of carbonyl (C=O) groups is 1. The third-order valence-corrected chi connectivity index (χ3v) is 3.55. The lowest BCUT2D eigenvalue weighted by Crippen LogP contribution is -2.25. The summed E-state index contributed by atoms with van der Waals surface area (Å²) in [5, 5.41) is 8.18. The van der Waals surface area contributed by atoms with Gasteiger partial charge in [-0.05, 0) is 18.2 Å². The Morgan fingerprint density at radius 3 is 2.70 bits per heavy atom. The average molecular weight is 306 g/mol. The number of fused-ring (bicyclic) bond motifs is 1. The van der Waals surface area contributed by atoms with Gasteiger partial charge in [0.05, 0.1) is 12.8 Å². The number of hydrogen-bond donors (Lipinski definition) is 2. The quantitative estimate of drug-likeness (QED) is 0.562. The van der Waals surface area contributed by atoms with Crippen LogP contribution in [0.3, 0.4) is 0 Å². The molecule has 116 valence electrons. The topological polar surface area (TPSA) is 58.4 Å². The highest BCUT2D eigenvalue weighted by Crippen LogP contribution is 2.18. The highest BCUT2D eigenvalue weighted by atomic mass is 16.2. The van der Waals surface area contributed by atoms with E-state index in [0.717, 1.165) is 22.2 Å². The van der Waals surface area contributed by atoms with Gasteiger partial charge in [0.2, 0.25) is 0 Å². The minimum absolute atomic E-state index is 0.177. The first kappa shape index (κ1) is 14.8. The summed E-state index contributed by atoms with van der Waals surface area (Å²) in [6.07, 6.45) is 3.66. The van der Waals surface area contributed by atoms with E-state index in [9.17, 15) is 4.79 Å². The van der Waals surface area contributed by atoms with Gasteiger partial charge in [0.1, 0.15) is 0 Å². The SMILES string of the molecule is Cn1cc(/C=N/NC(=O)CNc2ccccc2)c2ccccc21. The number of nitrogens with one attached hydrogen (secondary N) is 2. The molecule has 0 radical (unpaired) electrons. The largest absolute Gasteiger partial charge is 0.376 e. The molecule has 2 N–H and O–H groups in total. The zero-order valence-corrected chi connectivity index (χ0v) is 12.9. The molecule has 5 nitrogen and oxygen atoms in total. The van der Waals surface area contributed by atoms with Gasteiger partial charge in [0.15, 0.2) is 0 Å². The first-order valence-electron chi connectivity index (χ1n) is 7.39. The van der Waals surface area contributed by atoms with Crippen LogP contribution in [0, 0.1) is 0 Å². The molecule has 0 aliphatic rings. The van der Waals surface area contributed by atoms with E-state index in [-0.39, 0.29) is 12.5 Å². The monoisotopic (exact) mass is 306 g/mol. The van der Waals surface area contributed by atoms with Gasteiger partial charge >= 0.3 is 0 Å². The summed E-state index contributed by atoms with van der Waals surface area (Å²) < 4.78 is 2.04. The van der Waals surface area contributed by atoms with E-state index in [4.69, 9.17) is 0 Å². The minimum Gasteiger partial charge on any atom is -0.376 e. The number of para-hydroxylation sites is 2.